The van der Waals surface area contributed by atoms with E-state index >= 15 is 0 Å². The second-order valence-electron chi connectivity index (χ2n) is 8.23. The Hall–Kier alpha value is -0.0800. The standard InChI is InChI=1S/C18H36N2/c1-17(2,16-19)8-6-7-13-20-14-11-18(12-15-20)9-4-3-5-10-18/h3-16,19H2,1-2H3. The van der Waals surface area contributed by atoms with Crippen LogP contribution in [0.5, 0.6) is 0 Å². The molecule has 1 saturated heterocycles. The first-order chi connectivity index (χ1) is 9.55. The first-order valence-electron chi connectivity index (χ1n) is 8.98. The van der Waals surface area contributed by atoms with Crippen molar-refractivity contribution in [2.75, 3.05) is 26.2 Å². The molecule has 1 aliphatic carbocycles. The van der Waals surface area contributed by atoms with Crippen LogP contribution in [0, 0.1) is 10.8 Å². The first-order valence-corrected chi connectivity index (χ1v) is 8.98. The summed E-state index contributed by atoms with van der Waals surface area (Å²) in [6, 6.07) is 0. The Morgan fingerprint density at radius 3 is 2.20 bits per heavy atom. The molecule has 0 bridgehead atoms. The highest BCUT2D eigenvalue weighted by Gasteiger charge is 2.35. The number of hydrogen-bond donors (Lipinski definition) is 1. The third-order valence-corrected chi connectivity index (χ3v) is 5.96. The van der Waals surface area contributed by atoms with Gasteiger partial charge < -0.3 is 10.6 Å². The van der Waals surface area contributed by atoms with Crippen molar-refractivity contribution in [1.82, 2.24) is 4.90 Å². The summed E-state index contributed by atoms with van der Waals surface area (Å²) in [5.74, 6) is 0. The van der Waals surface area contributed by atoms with Crippen molar-refractivity contribution in [2.45, 2.75) is 78.1 Å². The van der Waals surface area contributed by atoms with Gasteiger partial charge in [-0.05, 0) is 75.5 Å². The van der Waals surface area contributed by atoms with Gasteiger partial charge in [0.05, 0.1) is 0 Å². The smallest absolute Gasteiger partial charge is 0.00134 e. The zero-order valence-electron chi connectivity index (χ0n) is 13.9. The van der Waals surface area contributed by atoms with E-state index in [1.807, 2.05) is 0 Å². The molecule has 0 aromatic rings. The summed E-state index contributed by atoms with van der Waals surface area (Å²) >= 11 is 0. The SMILES string of the molecule is CC(C)(CN)CCCCN1CCC2(CCCCC2)CC1. The van der Waals surface area contributed by atoms with Gasteiger partial charge in [0.15, 0.2) is 0 Å². The highest BCUT2D eigenvalue weighted by molar-refractivity contribution is 4.88. The monoisotopic (exact) mass is 280 g/mol. The number of piperidine rings is 1. The van der Waals surface area contributed by atoms with Gasteiger partial charge in [-0.3, -0.25) is 0 Å². The fourth-order valence-electron chi connectivity index (χ4n) is 4.09. The van der Waals surface area contributed by atoms with Crippen molar-refractivity contribution < 1.29 is 0 Å². The van der Waals surface area contributed by atoms with Gasteiger partial charge in [0.2, 0.25) is 0 Å². The van der Waals surface area contributed by atoms with Crippen LogP contribution in [0.15, 0.2) is 0 Å². The number of nitrogens with two attached hydrogens (primary N) is 1. The Kier molecular flexibility index (Phi) is 5.92. The average molecular weight is 280 g/mol. The van der Waals surface area contributed by atoms with Crippen LogP contribution in [0.3, 0.4) is 0 Å². The number of rotatable bonds is 6. The summed E-state index contributed by atoms with van der Waals surface area (Å²) in [6.07, 6.45) is 14.4. The van der Waals surface area contributed by atoms with Crippen molar-refractivity contribution in [3.05, 3.63) is 0 Å². The average Bonchev–Trinajstić information content (AvgIpc) is 2.47. The van der Waals surface area contributed by atoms with Crippen LogP contribution in [-0.4, -0.2) is 31.1 Å². The number of unbranched alkanes of at least 4 members (excludes halogenated alkanes) is 1. The lowest BCUT2D eigenvalue weighted by Crippen LogP contribution is -2.41. The van der Waals surface area contributed by atoms with Crippen LogP contribution in [0.25, 0.3) is 0 Å². The van der Waals surface area contributed by atoms with E-state index in [0.29, 0.717) is 5.41 Å². The maximum Gasteiger partial charge on any atom is -0.00134 e. The Balaban J connectivity index is 1.60. The van der Waals surface area contributed by atoms with Gasteiger partial charge in [-0.2, -0.15) is 0 Å². The third-order valence-electron chi connectivity index (χ3n) is 5.96. The summed E-state index contributed by atoms with van der Waals surface area (Å²) < 4.78 is 0. The van der Waals surface area contributed by atoms with Crippen molar-refractivity contribution in [2.24, 2.45) is 16.6 Å². The molecule has 0 aromatic heterocycles. The molecule has 2 heteroatoms. The van der Waals surface area contributed by atoms with Crippen LogP contribution in [0.2, 0.25) is 0 Å². The number of nitrogens with zero attached hydrogens (tertiary/aromatic N) is 1. The molecule has 2 N–H and O–H groups in total. The molecule has 2 aliphatic rings. The predicted molar refractivity (Wildman–Crippen MR) is 87.9 cm³/mol. The van der Waals surface area contributed by atoms with Crippen molar-refractivity contribution >= 4 is 0 Å². The third kappa shape index (κ3) is 4.73. The van der Waals surface area contributed by atoms with E-state index in [0.717, 1.165) is 12.0 Å². The molecule has 118 valence electrons. The van der Waals surface area contributed by atoms with Gasteiger partial charge in [0.1, 0.15) is 0 Å². The summed E-state index contributed by atoms with van der Waals surface area (Å²) in [6.45, 7) is 9.44. The molecule has 1 heterocycles. The molecule has 0 atom stereocenters. The molecule has 0 amide bonds. The van der Waals surface area contributed by atoms with Crippen molar-refractivity contribution in [3.63, 3.8) is 0 Å². The fraction of sp³-hybridized carbons (Fsp3) is 1.00. The lowest BCUT2D eigenvalue weighted by molar-refractivity contribution is 0.0666. The molecular weight excluding hydrogens is 244 g/mol. The molecule has 2 nitrogen and oxygen atoms in total. The minimum Gasteiger partial charge on any atom is -0.330 e. The molecule has 1 saturated carbocycles. The Morgan fingerprint density at radius 2 is 1.60 bits per heavy atom. The summed E-state index contributed by atoms with van der Waals surface area (Å²) in [5.41, 5.74) is 6.90. The van der Waals surface area contributed by atoms with E-state index in [-0.39, 0.29) is 0 Å². The van der Waals surface area contributed by atoms with Crippen LogP contribution in [-0.2, 0) is 0 Å². The Labute approximate surface area is 126 Å². The largest absolute Gasteiger partial charge is 0.330 e. The van der Waals surface area contributed by atoms with Gasteiger partial charge in [-0.1, -0.05) is 39.5 Å². The zero-order chi connectivity index (χ0) is 14.5. The zero-order valence-corrected chi connectivity index (χ0v) is 13.9. The molecule has 0 radical (unpaired) electrons. The lowest BCUT2D eigenvalue weighted by Gasteiger charge is -2.44. The van der Waals surface area contributed by atoms with Crippen molar-refractivity contribution in [1.29, 1.82) is 0 Å². The van der Waals surface area contributed by atoms with E-state index in [9.17, 15) is 0 Å². The summed E-state index contributed by atoms with van der Waals surface area (Å²) in [7, 11) is 0. The molecule has 2 fully saturated rings. The molecule has 0 unspecified atom stereocenters. The molecule has 2 rings (SSSR count). The van der Waals surface area contributed by atoms with E-state index < -0.39 is 0 Å². The van der Waals surface area contributed by atoms with E-state index in [4.69, 9.17) is 5.73 Å². The minimum atomic E-state index is 0.341. The molecule has 1 spiro atoms. The van der Waals surface area contributed by atoms with Gasteiger partial charge in [0.25, 0.3) is 0 Å². The molecular formula is C18H36N2. The molecule has 1 aliphatic heterocycles. The lowest BCUT2D eigenvalue weighted by atomic mass is 9.68. The van der Waals surface area contributed by atoms with E-state index in [1.54, 1.807) is 0 Å². The summed E-state index contributed by atoms with van der Waals surface area (Å²) in [5, 5.41) is 0. The minimum absolute atomic E-state index is 0.341. The summed E-state index contributed by atoms with van der Waals surface area (Å²) in [4.78, 5) is 2.72. The quantitative estimate of drug-likeness (QED) is 0.739. The van der Waals surface area contributed by atoms with Crippen LogP contribution < -0.4 is 5.73 Å². The Bertz CT molecular complexity index is 269. The highest BCUT2D eigenvalue weighted by Crippen LogP contribution is 2.44. The fourth-order valence-corrected chi connectivity index (χ4v) is 4.09. The van der Waals surface area contributed by atoms with Crippen LogP contribution >= 0.6 is 0 Å². The highest BCUT2D eigenvalue weighted by atomic mass is 15.1. The van der Waals surface area contributed by atoms with Gasteiger partial charge in [-0.15, -0.1) is 0 Å². The predicted octanol–water partition coefficient (Wildman–Crippen LogP) is 4.19. The normalized spacial score (nSPS) is 24.1. The van der Waals surface area contributed by atoms with Crippen molar-refractivity contribution in [3.8, 4) is 0 Å². The van der Waals surface area contributed by atoms with Crippen LogP contribution in [0.4, 0.5) is 0 Å². The van der Waals surface area contributed by atoms with E-state index in [2.05, 4.69) is 18.7 Å². The van der Waals surface area contributed by atoms with Gasteiger partial charge in [0, 0.05) is 0 Å². The maximum atomic E-state index is 5.80. The molecule has 0 aromatic carbocycles. The van der Waals surface area contributed by atoms with E-state index in [1.165, 1.54) is 83.8 Å². The Morgan fingerprint density at radius 1 is 0.950 bits per heavy atom. The molecule has 20 heavy (non-hydrogen) atoms. The number of likely N-dealkylation sites (tertiary alicyclic amines) is 1. The maximum absolute atomic E-state index is 5.80. The first kappa shape index (κ1) is 16.3. The second kappa shape index (κ2) is 7.26. The number of hydrogen-bond acceptors (Lipinski definition) is 2. The van der Waals surface area contributed by atoms with Gasteiger partial charge >= 0.3 is 0 Å². The second-order valence-corrected chi connectivity index (χ2v) is 8.23. The van der Waals surface area contributed by atoms with Gasteiger partial charge in [-0.25, -0.2) is 0 Å². The topological polar surface area (TPSA) is 29.3 Å². The van der Waals surface area contributed by atoms with Crippen LogP contribution in [0.1, 0.15) is 78.1 Å².